The molecule has 1 aromatic heterocycles. The molecule has 1 atom stereocenters. The number of nitrogens with zero attached hydrogens (tertiary/aromatic N) is 2. The molecule has 6 heteroatoms. The minimum absolute atomic E-state index is 0.0973. The molecule has 0 bridgehead atoms. The molecule has 0 unspecified atom stereocenters. The second kappa shape index (κ2) is 6.13. The van der Waals surface area contributed by atoms with Crippen molar-refractivity contribution in [2.75, 3.05) is 25.0 Å². The summed E-state index contributed by atoms with van der Waals surface area (Å²) < 4.78 is 0. The molecule has 1 aromatic rings. The van der Waals surface area contributed by atoms with Crippen LogP contribution in [-0.4, -0.2) is 46.6 Å². The van der Waals surface area contributed by atoms with Gasteiger partial charge in [-0.2, -0.15) is 0 Å². The Balaban J connectivity index is 1.91. The first-order chi connectivity index (χ1) is 8.70. The molecule has 2 N–H and O–H groups in total. The van der Waals surface area contributed by atoms with Crippen molar-refractivity contribution in [2.45, 2.75) is 18.9 Å². The van der Waals surface area contributed by atoms with E-state index < -0.39 is 0 Å². The van der Waals surface area contributed by atoms with Gasteiger partial charge in [0.1, 0.15) is 0 Å². The Morgan fingerprint density at radius 3 is 3.22 bits per heavy atom. The smallest absolute Gasteiger partial charge is 0.238 e. The summed E-state index contributed by atoms with van der Waals surface area (Å²) in [7, 11) is 0. The number of rotatable bonds is 4. The number of aliphatic hydroxyl groups is 1. The van der Waals surface area contributed by atoms with Gasteiger partial charge in [0.25, 0.3) is 0 Å². The van der Waals surface area contributed by atoms with Gasteiger partial charge in [-0.25, -0.2) is 4.98 Å². The summed E-state index contributed by atoms with van der Waals surface area (Å²) >= 11 is 5.86. The molecule has 0 aliphatic carbocycles. The summed E-state index contributed by atoms with van der Waals surface area (Å²) in [6.07, 6.45) is 3.53. The van der Waals surface area contributed by atoms with Crippen molar-refractivity contribution >= 4 is 23.2 Å². The number of carbonyl (C=O) groups is 1. The Morgan fingerprint density at radius 1 is 1.67 bits per heavy atom. The van der Waals surface area contributed by atoms with Crippen molar-refractivity contribution in [3.05, 3.63) is 23.5 Å². The maximum absolute atomic E-state index is 11.9. The van der Waals surface area contributed by atoms with Crippen molar-refractivity contribution in [3.63, 3.8) is 0 Å². The number of nitrogens with one attached hydrogen (secondary N) is 1. The molecule has 1 fully saturated rings. The van der Waals surface area contributed by atoms with E-state index in [2.05, 4.69) is 10.3 Å². The van der Waals surface area contributed by atoms with Crippen LogP contribution >= 0.6 is 11.6 Å². The molecule has 98 valence electrons. The van der Waals surface area contributed by atoms with E-state index >= 15 is 0 Å². The van der Waals surface area contributed by atoms with Crippen LogP contribution in [0.25, 0.3) is 0 Å². The highest BCUT2D eigenvalue weighted by Gasteiger charge is 2.25. The van der Waals surface area contributed by atoms with E-state index in [0.717, 1.165) is 19.4 Å². The maximum Gasteiger partial charge on any atom is 0.238 e. The minimum Gasteiger partial charge on any atom is -0.395 e. The summed E-state index contributed by atoms with van der Waals surface area (Å²) in [6.45, 7) is 1.22. The van der Waals surface area contributed by atoms with E-state index in [9.17, 15) is 9.90 Å². The molecule has 0 spiro atoms. The van der Waals surface area contributed by atoms with Gasteiger partial charge in [0.2, 0.25) is 5.91 Å². The maximum atomic E-state index is 11.9. The average molecular weight is 270 g/mol. The van der Waals surface area contributed by atoms with Gasteiger partial charge in [0.15, 0.2) is 5.15 Å². The summed E-state index contributed by atoms with van der Waals surface area (Å²) in [5.41, 5.74) is 0.518. The third-order valence-corrected chi connectivity index (χ3v) is 3.39. The highest BCUT2D eigenvalue weighted by molar-refractivity contribution is 6.32. The van der Waals surface area contributed by atoms with Crippen molar-refractivity contribution in [1.29, 1.82) is 0 Å². The minimum atomic E-state index is -0.134. The molecule has 0 saturated carbocycles. The zero-order valence-electron chi connectivity index (χ0n) is 9.97. The van der Waals surface area contributed by atoms with Crippen LogP contribution < -0.4 is 5.32 Å². The van der Waals surface area contributed by atoms with Crippen molar-refractivity contribution in [1.82, 2.24) is 9.88 Å². The van der Waals surface area contributed by atoms with E-state index in [-0.39, 0.29) is 30.3 Å². The van der Waals surface area contributed by atoms with E-state index in [1.165, 1.54) is 0 Å². The molecular formula is C12H16ClN3O2. The van der Waals surface area contributed by atoms with Gasteiger partial charge in [-0.3, -0.25) is 9.69 Å². The second-order valence-electron chi connectivity index (χ2n) is 4.34. The summed E-state index contributed by atoms with van der Waals surface area (Å²) in [6, 6.07) is 3.52. The number of amides is 1. The third-order valence-electron chi connectivity index (χ3n) is 3.09. The monoisotopic (exact) mass is 269 g/mol. The molecule has 1 aliphatic heterocycles. The second-order valence-corrected chi connectivity index (χ2v) is 4.70. The molecule has 1 aliphatic rings. The highest BCUT2D eigenvalue weighted by Crippen LogP contribution is 2.19. The molecule has 18 heavy (non-hydrogen) atoms. The van der Waals surface area contributed by atoms with Gasteiger partial charge >= 0.3 is 0 Å². The largest absolute Gasteiger partial charge is 0.395 e. The van der Waals surface area contributed by atoms with Gasteiger partial charge in [0.05, 0.1) is 18.8 Å². The number of halogens is 1. The van der Waals surface area contributed by atoms with Gasteiger partial charge in [-0.1, -0.05) is 11.6 Å². The van der Waals surface area contributed by atoms with E-state index in [4.69, 9.17) is 11.6 Å². The number of aromatic nitrogens is 1. The SMILES string of the molecule is O=C(CN1CCC[C@H]1CO)Nc1cccnc1Cl. The van der Waals surface area contributed by atoms with Crippen LogP contribution in [0.3, 0.4) is 0 Å². The van der Waals surface area contributed by atoms with Gasteiger partial charge in [0, 0.05) is 12.2 Å². The molecule has 0 aromatic carbocycles. The predicted octanol–water partition coefficient (Wildman–Crippen LogP) is 1.13. The Hall–Kier alpha value is -1.17. The number of pyridine rings is 1. The lowest BCUT2D eigenvalue weighted by molar-refractivity contribution is -0.117. The molecule has 2 heterocycles. The lowest BCUT2D eigenvalue weighted by Crippen LogP contribution is -2.38. The number of carbonyl (C=O) groups excluding carboxylic acids is 1. The fourth-order valence-corrected chi connectivity index (χ4v) is 2.33. The van der Waals surface area contributed by atoms with Crippen molar-refractivity contribution in [3.8, 4) is 0 Å². The van der Waals surface area contributed by atoms with E-state index in [0.29, 0.717) is 5.69 Å². The molecule has 5 nitrogen and oxygen atoms in total. The fourth-order valence-electron chi connectivity index (χ4n) is 2.16. The molecule has 2 rings (SSSR count). The summed E-state index contributed by atoms with van der Waals surface area (Å²) in [5, 5.41) is 12.2. The number of hydrogen-bond donors (Lipinski definition) is 2. The van der Waals surface area contributed by atoms with Crippen LogP contribution in [0.2, 0.25) is 5.15 Å². The van der Waals surface area contributed by atoms with Gasteiger partial charge in [-0.05, 0) is 31.5 Å². The summed E-state index contributed by atoms with van der Waals surface area (Å²) in [4.78, 5) is 17.7. The van der Waals surface area contributed by atoms with Crippen LogP contribution in [0.15, 0.2) is 18.3 Å². The van der Waals surface area contributed by atoms with Crippen molar-refractivity contribution < 1.29 is 9.90 Å². The molecule has 1 amide bonds. The average Bonchev–Trinajstić information content (AvgIpc) is 2.79. The van der Waals surface area contributed by atoms with Crippen LogP contribution in [-0.2, 0) is 4.79 Å². The first kappa shape index (κ1) is 13.3. The first-order valence-electron chi connectivity index (χ1n) is 5.96. The first-order valence-corrected chi connectivity index (χ1v) is 6.34. The Labute approximate surface area is 111 Å². The lowest BCUT2D eigenvalue weighted by Gasteiger charge is -2.21. The topological polar surface area (TPSA) is 65.5 Å². The highest BCUT2D eigenvalue weighted by atomic mass is 35.5. The third kappa shape index (κ3) is 3.19. The van der Waals surface area contributed by atoms with Crippen molar-refractivity contribution in [2.24, 2.45) is 0 Å². The number of hydrogen-bond acceptors (Lipinski definition) is 4. The normalized spacial score (nSPS) is 20.0. The zero-order valence-corrected chi connectivity index (χ0v) is 10.7. The zero-order chi connectivity index (χ0) is 13.0. The Kier molecular flexibility index (Phi) is 4.52. The van der Waals surface area contributed by atoms with Crippen LogP contribution in [0.5, 0.6) is 0 Å². The Morgan fingerprint density at radius 2 is 2.50 bits per heavy atom. The van der Waals surface area contributed by atoms with E-state index in [1.807, 2.05) is 4.90 Å². The lowest BCUT2D eigenvalue weighted by atomic mass is 10.2. The quantitative estimate of drug-likeness (QED) is 0.805. The molecule has 1 saturated heterocycles. The fraction of sp³-hybridized carbons (Fsp3) is 0.500. The van der Waals surface area contributed by atoms with E-state index in [1.54, 1.807) is 18.3 Å². The Bertz CT molecular complexity index is 428. The molecular weight excluding hydrogens is 254 g/mol. The number of likely N-dealkylation sites (tertiary alicyclic amines) is 1. The van der Waals surface area contributed by atoms with Crippen LogP contribution in [0.4, 0.5) is 5.69 Å². The predicted molar refractivity (Wildman–Crippen MR) is 69.6 cm³/mol. The van der Waals surface area contributed by atoms with Crippen LogP contribution in [0, 0.1) is 0 Å². The van der Waals surface area contributed by atoms with Gasteiger partial charge < -0.3 is 10.4 Å². The standard InChI is InChI=1S/C12H16ClN3O2/c13-12-10(4-1-5-14-12)15-11(18)7-16-6-2-3-9(16)8-17/h1,4-5,9,17H,2-3,6-8H2,(H,15,18)/t9-/m0/s1. The number of aliphatic hydroxyl groups excluding tert-OH is 1. The summed E-state index contributed by atoms with van der Waals surface area (Å²) in [5.74, 6) is -0.134. The van der Waals surface area contributed by atoms with Crippen LogP contribution in [0.1, 0.15) is 12.8 Å². The van der Waals surface area contributed by atoms with Gasteiger partial charge in [-0.15, -0.1) is 0 Å². The number of anilines is 1. The molecule has 0 radical (unpaired) electrons.